The topological polar surface area (TPSA) is 26.3 Å². The molecular weight excluding hydrogens is 291 g/mol. The molecule has 1 aromatic rings. The Kier molecular flexibility index (Phi) is 7.43. The van der Waals surface area contributed by atoms with E-state index in [9.17, 15) is 4.79 Å². The van der Waals surface area contributed by atoms with E-state index in [1.807, 2.05) is 20.8 Å². The third-order valence-corrected chi connectivity index (χ3v) is 2.74. The quantitative estimate of drug-likeness (QED) is 0.599. The Hall–Kier alpha value is -0.540. The monoisotopic (exact) mass is 306 g/mol. The molecule has 1 rings (SSSR count). The summed E-state index contributed by atoms with van der Waals surface area (Å²) in [5, 5.41) is 1.21. The van der Waals surface area contributed by atoms with Crippen LogP contribution in [0.15, 0.2) is 12.1 Å². The van der Waals surface area contributed by atoms with Crippen molar-refractivity contribution in [3.8, 4) is 0 Å². The summed E-state index contributed by atoms with van der Waals surface area (Å²) in [4.78, 5) is 11.4. The molecule has 1 aromatic carbocycles. The summed E-state index contributed by atoms with van der Waals surface area (Å²) in [7, 11) is 1.37. The van der Waals surface area contributed by atoms with Crippen molar-refractivity contribution in [3.05, 3.63) is 33.8 Å². The van der Waals surface area contributed by atoms with Crippen LogP contribution in [0, 0.1) is 6.92 Å². The molecule has 90 valence electrons. The second-order valence-corrected chi connectivity index (χ2v) is 3.88. The van der Waals surface area contributed by atoms with E-state index in [0.717, 1.165) is 11.1 Å². The lowest BCUT2D eigenvalue weighted by atomic mass is 10.0. The number of benzene rings is 1. The lowest BCUT2D eigenvalue weighted by molar-refractivity contribution is 0.0599. The van der Waals surface area contributed by atoms with Crippen LogP contribution in [0.1, 0.15) is 35.3 Å². The third-order valence-electron chi connectivity index (χ3n) is 1.92. The largest absolute Gasteiger partial charge is 0.465 e. The summed E-state index contributed by atoms with van der Waals surface area (Å²) in [6.07, 6.45) is 0. The van der Waals surface area contributed by atoms with Crippen LogP contribution < -0.4 is 0 Å². The van der Waals surface area contributed by atoms with Crippen molar-refractivity contribution in [3.63, 3.8) is 0 Å². The zero-order valence-electron chi connectivity index (χ0n) is 9.93. The van der Waals surface area contributed by atoms with Gasteiger partial charge in [-0.15, -0.1) is 0 Å². The van der Waals surface area contributed by atoms with E-state index in [1.54, 1.807) is 12.1 Å². The SMILES string of the molecule is CC.COC(=O)c1c(C)cc(Cl)cc1CBr. The highest BCUT2D eigenvalue weighted by molar-refractivity contribution is 9.08. The molecule has 0 N–H and O–H groups in total. The van der Waals surface area contributed by atoms with Crippen molar-refractivity contribution < 1.29 is 9.53 Å². The third kappa shape index (κ3) is 3.80. The van der Waals surface area contributed by atoms with Crippen LogP contribution in [0.25, 0.3) is 0 Å². The van der Waals surface area contributed by atoms with Gasteiger partial charge >= 0.3 is 5.97 Å². The first-order valence-corrected chi connectivity index (χ1v) is 6.53. The molecule has 0 aliphatic heterocycles. The first kappa shape index (κ1) is 15.5. The molecule has 0 aliphatic carbocycles. The number of esters is 1. The van der Waals surface area contributed by atoms with E-state index in [0.29, 0.717) is 15.9 Å². The van der Waals surface area contributed by atoms with Gasteiger partial charge in [-0.25, -0.2) is 4.79 Å². The molecule has 0 unspecified atom stereocenters. The second-order valence-electron chi connectivity index (χ2n) is 2.88. The summed E-state index contributed by atoms with van der Waals surface area (Å²) < 4.78 is 4.70. The number of rotatable bonds is 2. The van der Waals surface area contributed by atoms with Crippen LogP contribution in [-0.2, 0) is 10.1 Å². The Morgan fingerprint density at radius 3 is 2.44 bits per heavy atom. The highest BCUT2D eigenvalue weighted by Crippen LogP contribution is 2.23. The number of hydrogen-bond acceptors (Lipinski definition) is 2. The molecule has 0 radical (unpaired) electrons. The van der Waals surface area contributed by atoms with Gasteiger partial charge in [0.15, 0.2) is 0 Å². The maximum Gasteiger partial charge on any atom is 0.338 e. The van der Waals surface area contributed by atoms with Crippen molar-refractivity contribution in [2.45, 2.75) is 26.1 Å². The van der Waals surface area contributed by atoms with Gasteiger partial charge in [0, 0.05) is 10.4 Å². The number of carbonyl (C=O) groups is 1. The molecule has 0 saturated carbocycles. The van der Waals surface area contributed by atoms with Gasteiger partial charge in [-0.3, -0.25) is 0 Å². The van der Waals surface area contributed by atoms with Gasteiger partial charge in [-0.1, -0.05) is 41.4 Å². The highest BCUT2D eigenvalue weighted by atomic mass is 79.9. The van der Waals surface area contributed by atoms with Gasteiger partial charge in [0.25, 0.3) is 0 Å². The number of hydrogen-bond donors (Lipinski definition) is 0. The normalized spacial score (nSPS) is 9.12. The van der Waals surface area contributed by atoms with E-state index in [4.69, 9.17) is 16.3 Å². The predicted octanol–water partition coefficient (Wildman–Crippen LogP) is 4.36. The second kappa shape index (κ2) is 7.69. The Bertz CT molecular complexity index is 364. The summed E-state index contributed by atoms with van der Waals surface area (Å²) in [6, 6.07) is 3.51. The van der Waals surface area contributed by atoms with E-state index in [1.165, 1.54) is 7.11 Å². The average Bonchev–Trinajstić information content (AvgIpc) is 2.29. The predicted molar refractivity (Wildman–Crippen MR) is 71.5 cm³/mol. The highest BCUT2D eigenvalue weighted by Gasteiger charge is 2.14. The van der Waals surface area contributed by atoms with Crippen LogP contribution in [0.5, 0.6) is 0 Å². The average molecular weight is 308 g/mol. The van der Waals surface area contributed by atoms with E-state index >= 15 is 0 Å². The molecule has 0 aromatic heterocycles. The van der Waals surface area contributed by atoms with Gasteiger partial charge < -0.3 is 4.74 Å². The minimum absolute atomic E-state index is 0.325. The van der Waals surface area contributed by atoms with Gasteiger partial charge in [0.1, 0.15) is 0 Å². The number of aryl methyl sites for hydroxylation is 1. The zero-order chi connectivity index (χ0) is 12.7. The number of alkyl halides is 1. The molecule has 0 amide bonds. The first-order valence-electron chi connectivity index (χ1n) is 5.03. The van der Waals surface area contributed by atoms with Crippen molar-refractivity contribution >= 4 is 33.5 Å². The lowest BCUT2D eigenvalue weighted by Crippen LogP contribution is -2.07. The molecule has 4 heteroatoms. The summed E-state index contributed by atoms with van der Waals surface area (Å²) in [5.41, 5.74) is 2.27. The standard InChI is InChI=1S/C10H10BrClO2.C2H6/c1-6-3-8(12)4-7(5-11)9(6)10(13)14-2;1-2/h3-4H,5H2,1-2H3;1-2H3. The molecule has 16 heavy (non-hydrogen) atoms. The number of methoxy groups -OCH3 is 1. The van der Waals surface area contributed by atoms with Gasteiger partial charge in [0.2, 0.25) is 0 Å². The van der Waals surface area contributed by atoms with Crippen LogP contribution in [-0.4, -0.2) is 13.1 Å². The number of halogens is 2. The molecule has 0 heterocycles. The summed E-state index contributed by atoms with van der Waals surface area (Å²) in [6.45, 7) is 5.84. The maximum absolute atomic E-state index is 11.4. The molecule has 0 fully saturated rings. The molecule has 0 saturated heterocycles. The Morgan fingerprint density at radius 1 is 1.44 bits per heavy atom. The van der Waals surface area contributed by atoms with Crippen LogP contribution in [0.3, 0.4) is 0 Å². The zero-order valence-corrected chi connectivity index (χ0v) is 12.3. The fourth-order valence-electron chi connectivity index (χ4n) is 1.31. The Balaban J connectivity index is 0.00000106. The summed E-state index contributed by atoms with van der Waals surface area (Å²) >= 11 is 9.18. The van der Waals surface area contributed by atoms with E-state index in [-0.39, 0.29) is 5.97 Å². The minimum Gasteiger partial charge on any atom is -0.465 e. The smallest absolute Gasteiger partial charge is 0.338 e. The minimum atomic E-state index is -0.325. The van der Waals surface area contributed by atoms with Crippen LogP contribution in [0.4, 0.5) is 0 Å². The number of carbonyl (C=O) groups excluding carboxylic acids is 1. The molecule has 0 atom stereocenters. The maximum atomic E-state index is 11.4. The first-order chi connectivity index (χ1) is 7.60. The Morgan fingerprint density at radius 2 is 2.00 bits per heavy atom. The van der Waals surface area contributed by atoms with Crippen molar-refractivity contribution in [1.82, 2.24) is 0 Å². The molecular formula is C12H16BrClO2. The fourth-order valence-corrected chi connectivity index (χ4v) is 2.05. The van der Waals surface area contributed by atoms with Gasteiger partial charge in [-0.05, 0) is 30.2 Å². The van der Waals surface area contributed by atoms with Crippen LogP contribution >= 0.6 is 27.5 Å². The summed E-state index contributed by atoms with van der Waals surface area (Å²) in [5.74, 6) is -0.325. The van der Waals surface area contributed by atoms with Crippen molar-refractivity contribution in [1.29, 1.82) is 0 Å². The van der Waals surface area contributed by atoms with Crippen molar-refractivity contribution in [2.75, 3.05) is 7.11 Å². The fraction of sp³-hybridized carbons (Fsp3) is 0.417. The molecule has 0 bridgehead atoms. The molecule has 0 spiro atoms. The molecule has 2 nitrogen and oxygen atoms in total. The van der Waals surface area contributed by atoms with Crippen molar-refractivity contribution in [2.24, 2.45) is 0 Å². The Labute approximate surface area is 110 Å². The molecule has 0 aliphatic rings. The van der Waals surface area contributed by atoms with E-state index in [2.05, 4.69) is 15.9 Å². The number of ether oxygens (including phenoxy) is 1. The van der Waals surface area contributed by atoms with Crippen LogP contribution in [0.2, 0.25) is 5.02 Å². The van der Waals surface area contributed by atoms with Gasteiger partial charge in [0.05, 0.1) is 12.7 Å². The van der Waals surface area contributed by atoms with E-state index < -0.39 is 0 Å². The van der Waals surface area contributed by atoms with Gasteiger partial charge in [-0.2, -0.15) is 0 Å². The lowest BCUT2D eigenvalue weighted by Gasteiger charge is -2.09.